The van der Waals surface area contributed by atoms with Crippen LogP contribution in [0.15, 0.2) is 102 Å². The number of hydrogen-bond donors (Lipinski definition) is 7. The zero-order valence-corrected chi connectivity index (χ0v) is 59.9. The Morgan fingerprint density at radius 1 is 0.735 bits per heavy atom. The fourth-order valence-electron chi connectivity index (χ4n) is 11.1. The Kier molecular flexibility index (Phi) is 32.3. The van der Waals surface area contributed by atoms with Crippen LogP contribution in [0.3, 0.4) is 0 Å². The van der Waals surface area contributed by atoms with Crippen LogP contribution < -0.4 is 26.6 Å². The number of ether oxygens (including phenoxy) is 4. The van der Waals surface area contributed by atoms with Crippen LogP contribution in [0.2, 0.25) is 0 Å². The Labute approximate surface area is 574 Å². The monoisotopic (exact) mass is 1410 g/mol. The van der Waals surface area contributed by atoms with Gasteiger partial charge in [-0.05, 0) is 99.1 Å². The van der Waals surface area contributed by atoms with Gasteiger partial charge in [0.1, 0.15) is 43.0 Å². The Bertz CT molecular complexity index is 3340. The van der Waals surface area contributed by atoms with Crippen molar-refractivity contribution in [3.8, 4) is 11.1 Å². The van der Waals surface area contributed by atoms with Crippen LogP contribution in [0.25, 0.3) is 11.1 Å². The molecule has 2 aliphatic rings. The number of carbonyl (C=O) groups excluding carboxylic acids is 9. The van der Waals surface area contributed by atoms with Crippen molar-refractivity contribution in [3.63, 3.8) is 0 Å². The number of phosphoric ester groups is 2. The van der Waals surface area contributed by atoms with Crippen molar-refractivity contribution >= 4 is 69.3 Å². The van der Waals surface area contributed by atoms with Crippen molar-refractivity contribution in [2.75, 3.05) is 53.6 Å². The Morgan fingerprint density at radius 3 is 1.94 bits per heavy atom. The van der Waals surface area contributed by atoms with E-state index in [4.69, 9.17) is 28.0 Å². The maximum absolute atomic E-state index is 14.4. The quantitative estimate of drug-likeness (QED) is 0.0137. The van der Waals surface area contributed by atoms with E-state index in [1.165, 1.54) is 45.8 Å². The maximum atomic E-state index is 14.4. The lowest BCUT2D eigenvalue weighted by atomic mass is 9.90. The van der Waals surface area contributed by atoms with Gasteiger partial charge in [0.05, 0.1) is 19.8 Å². The third-order valence-electron chi connectivity index (χ3n) is 17.1. The second kappa shape index (κ2) is 39.1. The van der Waals surface area contributed by atoms with Crippen LogP contribution in [0.1, 0.15) is 143 Å². The lowest BCUT2D eigenvalue weighted by molar-refractivity contribution is -0.155. The van der Waals surface area contributed by atoms with Gasteiger partial charge in [0, 0.05) is 57.4 Å². The number of fused-ring (bicyclic) bond motifs is 3. The number of benzene rings is 3. The van der Waals surface area contributed by atoms with Gasteiger partial charge in [-0.15, -0.1) is 0 Å². The standard InChI is InChI=1S/C69H99N7O20P2/c1-13-44(5)60-63(79)73-49(10)67(83)95-61(45(6)14-2)47(8)57(34-33-46(7)66(82)93-58(39-43(3)4)62(78)72-48(9)64(80)76(12)56(40-50-27-19-18-20-28-50)65(81)75(11)41-59(77)74-60)94-69(85)70-35-25-16-15-17-26-37-91-97(86,87)96-98(88,89)92-38-36-71-68(84)90-42-55-53-31-23-21-29-51(53)52-30-22-24-32-54(52)55/h14,18-24,27-33,43-44,47-49,55-58,60-61H,13,15-17,25-26,34-42H2,1-12H3,(H,70,85)(H,71,84)(H,72,78)(H,73,79)(H,74,77)(H,86,87)(H,88,89)/b45-14+,46-33+/t44?,47-,48-,49+,56+,57-,58+,60-,61+/m0/s1. The molecule has 27 nitrogen and oxygen atoms in total. The van der Waals surface area contributed by atoms with Crippen LogP contribution in [0.4, 0.5) is 9.59 Å². The summed E-state index contributed by atoms with van der Waals surface area (Å²) in [4.78, 5) is 147. The molecule has 11 atom stereocenters. The van der Waals surface area contributed by atoms with Crippen molar-refractivity contribution in [2.24, 2.45) is 17.8 Å². The molecule has 3 aromatic rings. The number of phosphoric acid groups is 2. The Hall–Kier alpha value is -7.77. The number of rotatable bonds is 25. The van der Waals surface area contributed by atoms with Crippen molar-refractivity contribution in [3.05, 3.63) is 119 Å². The summed E-state index contributed by atoms with van der Waals surface area (Å²) >= 11 is 0. The summed E-state index contributed by atoms with van der Waals surface area (Å²) in [6.45, 7) is 15.0. The number of allylic oxidation sites excluding steroid dienone is 1. The van der Waals surface area contributed by atoms with Crippen LogP contribution in [0, 0.1) is 17.8 Å². The fourth-order valence-corrected chi connectivity index (χ4v) is 13.2. The SMILES string of the molecule is C/C=C(\C)[C@H]1OC(=O)[C@@H](C)NC(=O)[C@H](C(C)CC)NC(=O)CN(C)C(=O)[C@@H](Cc2ccccc2)N(C)C(=O)[C@H](C)NC(=O)[C@@H](CC(C)C)OC(=O)/C(C)=C/C[C@H](OC(=O)NCCCCCCCOP(=O)(O)OP(=O)(O)OCCNC(=O)OCC2c3ccccc3-c3ccccc32)[C@@H]1C. The van der Waals surface area contributed by atoms with Crippen LogP contribution >= 0.6 is 15.6 Å². The minimum absolute atomic E-state index is 0.0250. The number of likely N-dealkylation sites (N-methyl/N-ethyl adjacent to an activating group) is 2. The van der Waals surface area contributed by atoms with Gasteiger partial charge in [-0.25, -0.2) is 28.3 Å². The molecule has 7 amide bonds. The Morgan fingerprint density at radius 2 is 1.32 bits per heavy atom. The molecule has 3 unspecified atom stereocenters. The molecule has 0 radical (unpaired) electrons. The van der Waals surface area contributed by atoms with E-state index in [1.54, 1.807) is 64.1 Å². The van der Waals surface area contributed by atoms with E-state index in [9.17, 15) is 62.1 Å². The molecule has 0 saturated carbocycles. The topological polar surface area (TPSA) is 359 Å². The number of amides is 7. The van der Waals surface area contributed by atoms with Crippen molar-refractivity contribution in [1.29, 1.82) is 0 Å². The Balaban J connectivity index is 1.19. The van der Waals surface area contributed by atoms with E-state index in [0.29, 0.717) is 43.2 Å². The molecule has 7 N–H and O–H groups in total. The summed E-state index contributed by atoms with van der Waals surface area (Å²) < 4.78 is 62.6. The van der Waals surface area contributed by atoms with Gasteiger partial charge < -0.3 is 65.1 Å². The number of carbonyl (C=O) groups is 9. The first-order valence-corrected chi connectivity index (χ1v) is 36.2. The number of nitrogens with one attached hydrogen (secondary N) is 5. The van der Waals surface area contributed by atoms with Gasteiger partial charge in [-0.3, -0.25) is 33.0 Å². The van der Waals surface area contributed by atoms with Crippen LogP contribution in [0.5, 0.6) is 0 Å². The molecule has 0 saturated heterocycles. The molecule has 0 aromatic heterocycles. The highest BCUT2D eigenvalue weighted by molar-refractivity contribution is 7.61. The van der Waals surface area contributed by atoms with E-state index >= 15 is 0 Å². The highest BCUT2D eigenvalue weighted by Gasteiger charge is 2.39. The molecule has 1 aliphatic heterocycles. The van der Waals surface area contributed by atoms with Gasteiger partial charge in [-0.1, -0.05) is 151 Å². The van der Waals surface area contributed by atoms with E-state index in [1.807, 2.05) is 69.3 Å². The van der Waals surface area contributed by atoms with Crippen LogP contribution in [-0.4, -0.2) is 169 Å². The fraction of sp³-hybridized carbons (Fsp3) is 0.551. The molecular weight excluding hydrogens is 1310 g/mol. The molecule has 0 spiro atoms. The largest absolute Gasteiger partial charge is 0.481 e. The molecule has 1 aliphatic carbocycles. The number of nitrogens with zero attached hydrogens (tertiary/aromatic N) is 2. The third-order valence-corrected chi connectivity index (χ3v) is 19.7. The smallest absolute Gasteiger partial charge is 0.456 e. The average Bonchev–Trinajstić information content (AvgIpc) is 1.62. The average molecular weight is 1410 g/mol. The summed E-state index contributed by atoms with van der Waals surface area (Å²) in [5.41, 5.74) is 5.40. The molecule has 5 rings (SSSR count). The minimum Gasteiger partial charge on any atom is -0.456 e. The lowest BCUT2D eigenvalue weighted by Gasteiger charge is -2.33. The molecule has 3 aromatic carbocycles. The second-order valence-electron chi connectivity index (χ2n) is 25.2. The van der Waals surface area contributed by atoms with Gasteiger partial charge in [0.2, 0.25) is 23.6 Å². The van der Waals surface area contributed by atoms with Gasteiger partial charge >= 0.3 is 39.8 Å². The van der Waals surface area contributed by atoms with Crippen LogP contribution in [-0.2, 0) is 81.4 Å². The zero-order chi connectivity index (χ0) is 72.4. The first-order valence-electron chi connectivity index (χ1n) is 33.2. The minimum atomic E-state index is -5.12. The number of unbranched alkanes of at least 4 members (excludes halogenated alkanes) is 4. The van der Waals surface area contributed by atoms with E-state index in [2.05, 4.69) is 30.9 Å². The lowest BCUT2D eigenvalue weighted by Crippen LogP contribution is -2.57. The highest BCUT2D eigenvalue weighted by atomic mass is 31.3. The molecule has 0 fully saturated rings. The third kappa shape index (κ3) is 25.2. The van der Waals surface area contributed by atoms with Crippen molar-refractivity contribution in [2.45, 2.75) is 175 Å². The van der Waals surface area contributed by atoms with Gasteiger partial charge in [-0.2, -0.15) is 4.31 Å². The van der Waals surface area contributed by atoms with Crippen molar-refractivity contribution in [1.82, 2.24) is 36.4 Å². The second-order valence-corrected chi connectivity index (χ2v) is 28.3. The normalized spacial score (nSPS) is 23.6. The highest BCUT2D eigenvalue weighted by Crippen LogP contribution is 2.60. The number of alkyl carbamates (subject to hydrolysis) is 2. The van der Waals surface area contributed by atoms with Gasteiger partial charge in [0.15, 0.2) is 6.10 Å². The summed E-state index contributed by atoms with van der Waals surface area (Å²) in [6, 6.07) is 19.6. The first kappa shape index (κ1) is 80.9. The van der Waals surface area contributed by atoms with E-state index in [0.717, 1.165) is 27.2 Å². The first-order chi connectivity index (χ1) is 46.4. The number of hydrogen-bond acceptors (Lipinski definition) is 18. The predicted octanol–water partition coefficient (Wildman–Crippen LogP) is 8.71. The summed E-state index contributed by atoms with van der Waals surface area (Å²) in [6.07, 6.45) is 0.606. The maximum Gasteiger partial charge on any atom is 0.481 e. The molecule has 98 heavy (non-hydrogen) atoms. The van der Waals surface area contributed by atoms with E-state index in [-0.39, 0.29) is 69.4 Å². The predicted molar refractivity (Wildman–Crippen MR) is 364 cm³/mol. The van der Waals surface area contributed by atoms with E-state index < -0.39 is 137 Å². The number of cyclic esters (lactones) is 2. The molecule has 540 valence electrons. The summed E-state index contributed by atoms with van der Waals surface area (Å²) in [5.74, 6) is -6.89. The zero-order valence-electron chi connectivity index (χ0n) is 58.1. The molecule has 1 heterocycles. The number of esters is 2. The summed E-state index contributed by atoms with van der Waals surface area (Å²) in [7, 11) is -7.41. The summed E-state index contributed by atoms with van der Waals surface area (Å²) in [5, 5.41) is 13.2. The molecule has 29 heteroatoms. The van der Waals surface area contributed by atoms with Crippen molar-refractivity contribution < 1.29 is 94.4 Å². The van der Waals surface area contributed by atoms with Gasteiger partial charge in [0.25, 0.3) is 5.91 Å². The molecular formula is C69H99N7O20P2. The molecule has 0 bridgehead atoms.